The van der Waals surface area contributed by atoms with Gasteiger partial charge in [0.25, 0.3) is 0 Å². The van der Waals surface area contributed by atoms with Crippen LogP contribution >= 0.6 is 0 Å². The Kier molecular flexibility index (Phi) is 7.62. The molecule has 7 nitrogen and oxygen atoms in total. The molecule has 0 radical (unpaired) electrons. The minimum absolute atomic E-state index is 0.0266. The van der Waals surface area contributed by atoms with Crippen LogP contribution in [0.4, 0.5) is 14.9 Å². The van der Waals surface area contributed by atoms with E-state index in [-0.39, 0.29) is 17.2 Å². The van der Waals surface area contributed by atoms with Crippen molar-refractivity contribution < 1.29 is 23.5 Å². The Morgan fingerprint density at radius 1 is 1.11 bits per heavy atom. The highest BCUT2D eigenvalue weighted by Gasteiger charge is 2.15. The second kappa shape index (κ2) is 10.1. The number of nitrogens with one attached hydrogen (secondary N) is 2. The molecule has 0 aliphatic heterocycles. The lowest BCUT2D eigenvalue weighted by molar-refractivity contribution is 0.1000. The van der Waals surface area contributed by atoms with Crippen molar-refractivity contribution in [1.29, 1.82) is 0 Å². The largest absolute Gasteiger partial charge is 0.493 e. The molecule has 0 unspecified atom stereocenters. The molecule has 3 amide bonds. The van der Waals surface area contributed by atoms with Crippen molar-refractivity contribution in [3.05, 3.63) is 47.8 Å². The monoisotopic (exact) mass is 389 g/mol. The Hall–Kier alpha value is -3.29. The minimum Gasteiger partial charge on any atom is -0.493 e. The van der Waals surface area contributed by atoms with Crippen LogP contribution in [-0.4, -0.2) is 25.6 Å². The Morgan fingerprint density at radius 3 is 2.43 bits per heavy atom. The molecule has 0 fully saturated rings. The highest BCUT2D eigenvalue weighted by molar-refractivity contribution is 5.92. The third-order valence-electron chi connectivity index (χ3n) is 3.93. The first-order valence-corrected chi connectivity index (χ1v) is 8.94. The van der Waals surface area contributed by atoms with Crippen LogP contribution in [0.25, 0.3) is 0 Å². The molecule has 0 saturated carbocycles. The fraction of sp³-hybridized carbons (Fsp3) is 0.300. The molecule has 0 heterocycles. The van der Waals surface area contributed by atoms with E-state index in [1.54, 1.807) is 0 Å². The van der Waals surface area contributed by atoms with Gasteiger partial charge in [0.05, 0.1) is 12.8 Å². The predicted octanol–water partition coefficient (Wildman–Crippen LogP) is 4.04. The molecule has 0 aliphatic rings. The third-order valence-corrected chi connectivity index (χ3v) is 3.93. The summed E-state index contributed by atoms with van der Waals surface area (Å²) in [6, 6.07) is 8.04. The lowest BCUT2D eigenvalue weighted by Gasteiger charge is -2.14. The number of amides is 3. The minimum atomic E-state index is -0.673. The van der Waals surface area contributed by atoms with Gasteiger partial charge in [-0.2, -0.15) is 0 Å². The van der Waals surface area contributed by atoms with E-state index < -0.39 is 17.8 Å². The molecule has 2 rings (SSSR count). The van der Waals surface area contributed by atoms with Crippen LogP contribution in [-0.2, 0) is 0 Å². The molecule has 4 N–H and O–H groups in total. The number of carbonyl (C=O) groups is 2. The van der Waals surface area contributed by atoms with Gasteiger partial charge < -0.3 is 25.8 Å². The Labute approximate surface area is 163 Å². The fourth-order valence-corrected chi connectivity index (χ4v) is 2.43. The number of rotatable bonds is 9. The van der Waals surface area contributed by atoms with Crippen LogP contribution in [0.15, 0.2) is 36.4 Å². The second-order valence-electron chi connectivity index (χ2n) is 6.06. The average molecular weight is 389 g/mol. The SMILES string of the molecule is CCCCCNC(=O)Nc1cc(OC)c(Oc2ccc(C(N)=O)cc2)cc1F. The molecule has 8 heteroatoms. The zero-order chi connectivity index (χ0) is 20.5. The Morgan fingerprint density at radius 2 is 1.82 bits per heavy atom. The standard InChI is InChI=1S/C20H24FN3O4/c1-3-4-5-10-23-20(26)24-16-12-17(27-2)18(11-15(16)21)28-14-8-6-13(7-9-14)19(22)25/h6-9,11-12H,3-5,10H2,1-2H3,(H2,22,25)(H2,23,24,26). The first-order chi connectivity index (χ1) is 13.4. The molecule has 28 heavy (non-hydrogen) atoms. The van der Waals surface area contributed by atoms with E-state index in [4.69, 9.17) is 15.2 Å². The van der Waals surface area contributed by atoms with Crippen molar-refractivity contribution in [3.63, 3.8) is 0 Å². The van der Waals surface area contributed by atoms with Crippen LogP contribution in [0, 0.1) is 5.82 Å². The van der Waals surface area contributed by atoms with E-state index in [0.29, 0.717) is 17.9 Å². The van der Waals surface area contributed by atoms with Gasteiger partial charge in [-0.15, -0.1) is 0 Å². The van der Waals surface area contributed by atoms with Crippen LogP contribution in [0.1, 0.15) is 36.5 Å². The smallest absolute Gasteiger partial charge is 0.319 e. The second-order valence-corrected chi connectivity index (χ2v) is 6.06. The van der Waals surface area contributed by atoms with Crippen molar-refractivity contribution in [2.45, 2.75) is 26.2 Å². The number of nitrogens with two attached hydrogens (primary N) is 1. The van der Waals surface area contributed by atoms with Gasteiger partial charge in [0.2, 0.25) is 5.91 Å². The van der Waals surface area contributed by atoms with E-state index in [1.807, 2.05) is 0 Å². The molecule has 0 aliphatic carbocycles. The first kappa shape index (κ1) is 21.0. The number of methoxy groups -OCH3 is 1. The van der Waals surface area contributed by atoms with Gasteiger partial charge in [-0.25, -0.2) is 9.18 Å². The van der Waals surface area contributed by atoms with Crippen molar-refractivity contribution in [2.24, 2.45) is 5.73 Å². The van der Waals surface area contributed by atoms with E-state index >= 15 is 0 Å². The van der Waals surface area contributed by atoms with Gasteiger partial charge in [-0.3, -0.25) is 4.79 Å². The van der Waals surface area contributed by atoms with Gasteiger partial charge in [0.1, 0.15) is 5.75 Å². The van der Waals surface area contributed by atoms with E-state index in [0.717, 1.165) is 25.3 Å². The summed E-state index contributed by atoms with van der Waals surface area (Å²) in [6.45, 7) is 2.58. The number of carbonyl (C=O) groups excluding carboxylic acids is 2. The summed E-state index contributed by atoms with van der Waals surface area (Å²) in [5, 5.41) is 5.13. The van der Waals surface area contributed by atoms with Gasteiger partial charge in [-0.1, -0.05) is 19.8 Å². The normalized spacial score (nSPS) is 10.2. The molecule has 0 atom stereocenters. The van der Waals surface area contributed by atoms with Crippen molar-refractivity contribution in [1.82, 2.24) is 5.32 Å². The van der Waals surface area contributed by atoms with E-state index in [1.165, 1.54) is 37.4 Å². The van der Waals surface area contributed by atoms with E-state index in [9.17, 15) is 14.0 Å². The molecule has 0 saturated heterocycles. The third kappa shape index (κ3) is 5.87. The molecule has 0 aromatic heterocycles. The number of hydrogen-bond donors (Lipinski definition) is 3. The summed E-state index contributed by atoms with van der Waals surface area (Å²) in [7, 11) is 1.41. The first-order valence-electron chi connectivity index (χ1n) is 8.94. The maximum Gasteiger partial charge on any atom is 0.319 e. The quantitative estimate of drug-likeness (QED) is 0.563. The topological polar surface area (TPSA) is 103 Å². The molecular formula is C20H24FN3O4. The summed E-state index contributed by atoms with van der Waals surface area (Å²) in [4.78, 5) is 23.0. The number of unbranched alkanes of at least 4 members (excludes halogenated alkanes) is 2. The van der Waals surface area contributed by atoms with Crippen LogP contribution in [0.5, 0.6) is 17.2 Å². The lowest BCUT2D eigenvalue weighted by Crippen LogP contribution is -2.29. The highest BCUT2D eigenvalue weighted by atomic mass is 19.1. The Bertz CT molecular complexity index is 825. The number of primary amides is 1. The van der Waals surface area contributed by atoms with Gasteiger partial charge in [0, 0.05) is 24.2 Å². The summed E-state index contributed by atoms with van der Waals surface area (Å²) >= 11 is 0. The summed E-state index contributed by atoms with van der Waals surface area (Å²) in [6.07, 6.45) is 2.91. The van der Waals surface area contributed by atoms with Crippen LogP contribution < -0.4 is 25.8 Å². The molecule has 150 valence electrons. The number of ether oxygens (including phenoxy) is 2. The maximum absolute atomic E-state index is 14.4. The molecular weight excluding hydrogens is 365 g/mol. The van der Waals surface area contributed by atoms with Crippen LogP contribution in [0.3, 0.4) is 0 Å². The summed E-state index contributed by atoms with van der Waals surface area (Å²) in [5.41, 5.74) is 5.50. The molecule has 2 aromatic carbocycles. The number of halogens is 1. The van der Waals surface area contributed by atoms with Gasteiger partial charge in [-0.05, 0) is 30.7 Å². The number of urea groups is 1. The maximum atomic E-state index is 14.4. The number of benzene rings is 2. The number of hydrogen-bond acceptors (Lipinski definition) is 4. The number of anilines is 1. The molecule has 2 aromatic rings. The van der Waals surface area contributed by atoms with Gasteiger partial charge >= 0.3 is 6.03 Å². The highest BCUT2D eigenvalue weighted by Crippen LogP contribution is 2.35. The molecule has 0 bridgehead atoms. The van der Waals surface area contributed by atoms with Gasteiger partial charge in [0.15, 0.2) is 17.3 Å². The van der Waals surface area contributed by atoms with Crippen molar-refractivity contribution in [2.75, 3.05) is 19.0 Å². The molecule has 0 spiro atoms. The van der Waals surface area contributed by atoms with E-state index in [2.05, 4.69) is 17.6 Å². The zero-order valence-corrected chi connectivity index (χ0v) is 15.9. The average Bonchev–Trinajstić information content (AvgIpc) is 2.67. The van der Waals surface area contributed by atoms with Crippen LogP contribution in [0.2, 0.25) is 0 Å². The summed E-state index contributed by atoms with van der Waals surface area (Å²) in [5.74, 6) is -0.494. The van der Waals surface area contributed by atoms with Crippen molar-refractivity contribution in [3.8, 4) is 17.2 Å². The summed E-state index contributed by atoms with van der Waals surface area (Å²) < 4.78 is 25.3. The van der Waals surface area contributed by atoms with Crippen molar-refractivity contribution >= 4 is 17.6 Å². The Balaban J connectivity index is 2.09. The predicted molar refractivity (Wildman–Crippen MR) is 105 cm³/mol. The fourth-order valence-electron chi connectivity index (χ4n) is 2.43. The lowest BCUT2D eigenvalue weighted by atomic mass is 10.2. The zero-order valence-electron chi connectivity index (χ0n) is 15.9.